The molecule has 2 unspecified atom stereocenters. The molecule has 1 N–H and O–H groups in total. The second-order valence-electron chi connectivity index (χ2n) is 5.75. The van der Waals surface area contributed by atoms with Crippen LogP contribution in [0, 0.1) is 0 Å². The van der Waals surface area contributed by atoms with E-state index >= 15 is 0 Å². The molecule has 0 bridgehead atoms. The highest BCUT2D eigenvalue weighted by Crippen LogP contribution is 2.30. The number of pyridine rings is 1. The van der Waals surface area contributed by atoms with Crippen molar-refractivity contribution in [1.29, 1.82) is 0 Å². The van der Waals surface area contributed by atoms with Crippen LogP contribution in [0.5, 0.6) is 0 Å². The lowest BCUT2D eigenvalue weighted by Crippen LogP contribution is -2.41. The van der Waals surface area contributed by atoms with E-state index in [-0.39, 0.29) is 0 Å². The van der Waals surface area contributed by atoms with Crippen molar-refractivity contribution in [2.45, 2.75) is 37.8 Å². The van der Waals surface area contributed by atoms with Gasteiger partial charge in [0.15, 0.2) is 5.82 Å². The van der Waals surface area contributed by atoms with Gasteiger partial charge in [-0.3, -0.25) is 0 Å². The Hall–Kier alpha value is -1.20. The second-order valence-corrected chi connectivity index (χ2v) is 7.64. The van der Waals surface area contributed by atoms with Crippen LogP contribution >= 0.6 is 11.8 Å². The van der Waals surface area contributed by atoms with Crippen molar-refractivity contribution >= 4 is 23.2 Å². The van der Waals surface area contributed by atoms with Gasteiger partial charge in [-0.2, -0.15) is 11.8 Å². The minimum absolute atomic E-state index is 0.658. The minimum atomic E-state index is 0.658. The van der Waals surface area contributed by atoms with E-state index in [9.17, 15) is 0 Å². The Balaban J connectivity index is 1.99. The first-order chi connectivity index (χ1) is 10.2. The van der Waals surface area contributed by atoms with E-state index in [0.717, 1.165) is 37.6 Å². The third-order valence-corrected chi connectivity index (χ3v) is 5.10. The summed E-state index contributed by atoms with van der Waals surface area (Å²) in [6, 6.07) is 6.22. The van der Waals surface area contributed by atoms with Gasteiger partial charge in [-0.25, -0.2) is 4.98 Å². The topological polar surface area (TPSA) is 32.6 Å². The van der Waals surface area contributed by atoms with Crippen LogP contribution in [0.15, 0.2) is 24.4 Å². The highest BCUT2D eigenvalue weighted by molar-refractivity contribution is 8.00. The van der Waals surface area contributed by atoms with Crippen LogP contribution in [0.2, 0.25) is 0 Å². The van der Waals surface area contributed by atoms with E-state index < -0.39 is 0 Å². The van der Waals surface area contributed by atoms with Gasteiger partial charge in [-0.05, 0) is 18.7 Å². The number of thioether (sulfide) groups is 1. The van der Waals surface area contributed by atoms with Crippen molar-refractivity contribution in [3.63, 3.8) is 0 Å². The second kappa shape index (κ2) is 6.28. The summed E-state index contributed by atoms with van der Waals surface area (Å²) in [5.74, 6) is 1.15. The number of aromatic nitrogens is 2. The summed E-state index contributed by atoms with van der Waals surface area (Å²) in [5, 5.41) is 4.77. The van der Waals surface area contributed by atoms with Crippen LogP contribution in [-0.2, 0) is 6.54 Å². The van der Waals surface area contributed by atoms with Crippen LogP contribution < -0.4 is 10.2 Å². The van der Waals surface area contributed by atoms with Gasteiger partial charge >= 0.3 is 0 Å². The highest BCUT2D eigenvalue weighted by Gasteiger charge is 2.26. The van der Waals surface area contributed by atoms with Crippen LogP contribution in [-0.4, -0.2) is 39.5 Å². The molecule has 3 rings (SSSR count). The number of nitrogens with zero attached hydrogens (tertiary/aromatic N) is 3. The summed E-state index contributed by atoms with van der Waals surface area (Å²) in [5.41, 5.74) is 2.32. The van der Waals surface area contributed by atoms with Gasteiger partial charge in [0, 0.05) is 36.3 Å². The van der Waals surface area contributed by atoms with E-state index in [1.54, 1.807) is 0 Å². The Morgan fingerprint density at radius 3 is 2.76 bits per heavy atom. The number of rotatable bonds is 4. The Morgan fingerprint density at radius 2 is 2.05 bits per heavy atom. The molecule has 21 heavy (non-hydrogen) atoms. The first kappa shape index (κ1) is 14.7. The van der Waals surface area contributed by atoms with Crippen LogP contribution in [0.25, 0.3) is 5.65 Å². The number of fused-ring (bicyclic) bond motifs is 1. The zero-order chi connectivity index (χ0) is 14.8. The predicted molar refractivity (Wildman–Crippen MR) is 91.3 cm³/mol. The lowest BCUT2D eigenvalue weighted by molar-refractivity contribution is 0.683. The lowest BCUT2D eigenvalue weighted by atomic mass is 10.3. The van der Waals surface area contributed by atoms with Crippen molar-refractivity contribution in [3.8, 4) is 0 Å². The van der Waals surface area contributed by atoms with Gasteiger partial charge in [0.2, 0.25) is 0 Å². The number of imidazole rings is 1. The molecule has 0 amide bonds. The van der Waals surface area contributed by atoms with Crippen molar-refractivity contribution in [3.05, 3.63) is 30.1 Å². The Kier molecular flexibility index (Phi) is 4.40. The molecule has 0 aliphatic carbocycles. The molecule has 3 heterocycles. The summed E-state index contributed by atoms with van der Waals surface area (Å²) in [4.78, 5) is 7.36. The Morgan fingerprint density at radius 1 is 1.29 bits per heavy atom. The zero-order valence-electron chi connectivity index (χ0n) is 13.0. The maximum Gasteiger partial charge on any atom is 0.152 e. The van der Waals surface area contributed by atoms with Crippen molar-refractivity contribution in [1.82, 2.24) is 14.7 Å². The van der Waals surface area contributed by atoms with Gasteiger partial charge < -0.3 is 14.6 Å². The third-order valence-electron chi connectivity index (χ3n) is 3.87. The van der Waals surface area contributed by atoms with E-state index in [0.29, 0.717) is 10.5 Å². The molecule has 2 aromatic heterocycles. The number of hydrogen-bond acceptors (Lipinski definition) is 4. The molecule has 4 nitrogen and oxygen atoms in total. The SMILES string of the molecule is CCNCc1c(N2CC(C)SC(C)C2)nc2ccccn12. The largest absolute Gasteiger partial charge is 0.353 e. The molecular formula is C16H24N4S. The summed E-state index contributed by atoms with van der Waals surface area (Å²) >= 11 is 2.08. The fourth-order valence-corrected chi connectivity index (χ4v) is 4.37. The summed E-state index contributed by atoms with van der Waals surface area (Å²) in [6.45, 7) is 10.8. The maximum atomic E-state index is 4.90. The first-order valence-corrected chi connectivity index (χ1v) is 8.70. The standard InChI is InChI=1S/C16H24N4S/c1-4-17-9-14-16(18-15-7-5-6-8-20(14)15)19-10-12(2)21-13(3)11-19/h5-8,12-13,17H,4,9-11H2,1-3H3. The van der Waals surface area contributed by atoms with Crippen LogP contribution in [0.3, 0.4) is 0 Å². The van der Waals surface area contributed by atoms with E-state index in [4.69, 9.17) is 4.98 Å². The molecule has 0 saturated carbocycles. The minimum Gasteiger partial charge on any atom is -0.353 e. The molecule has 1 aliphatic rings. The average molecular weight is 304 g/mol. The van der Waals surface area contributed by atoms with Gasteiger partial charge in [-0.1, -0.05) is 26.8 Å². The molecule has 1 aliphatic heterocycles. The number of nitrogens with one attached hydrogen (secondary N) is 1. The maximum absolute atomic E-state index is 4.90. The van der Waals surface area contributed by atoms with Crippen molar-refractivity contribution in [2.75, 3.05) is 24.5 Å². The Bertz CT molecular complexity index is 599. The molecule has 2 atom stereocenters. The molecular weight excluding hydrogens is 280 g/mol. The van der Waals surface area contributed by atoms with Crippen molar-refractivity contribution < 1.29 is 0 Å². The van der Waals surface area contributed by atoms with E-state index in [1.807, 2.05) is 0 Å². The van der Waals surface area contributed by atoms with Crippen LogP contribution in [0.1, 0.15) is 26.5 Å². The average Bonchev–Trinajstić information content (AvgIpc) is 2.83. The highest BCUT2D eigenvalue weighted by atomic mass is 32.2. The third kappa shape index (κ3) is 3.04. The quantitative estimate of drug-likeness (QED) is 0.941. The molecule has 0 spiro atoms. The van der Waals surface area contributed by atoms with Gasteiger partial charge in [-0.15, -0.1) is 0 Å². The van der Waals surface area contributed by atoms with Gasteiger partial charge in [0.1, 0.15) is 5.65 Å². The van der Waals surface area contributed by atoms with Crippen molar-refractivity contribution in [2.24, 2.45) is 0 Å². The molecule has 5 heteroatoms. The molecule has 0 radical (unpaired) electrons. The number of hydrogen-bond donors (Lipinski definition) is 1. The van der Waals surface area contributed by atoms with Gasteiger partial charge in [0.25, 0.3) is 0 Å². The molecule has 0 aromatic carbocycles. The normalized spacial score (nSPS) is 22.9. The predicted octanol–water partition coefficient (Wildman–Crippen LogP) is 2.77. The van der Waals surface area contributed by atoms with Crippen LogP contribution in [0.4, 0.5) is 5.82 Å². The zero-order valence-corrected chi connectivity index (χ0v) is 13.9. The van der Waals surface area contributed by atoms with E-state index in [2.05, 4.69) is 71.5 Å². The molecule has 1 saturated heterocycles. The lowest BCUT2D eigenvalue weighted by Gasteiger charge is -2.35. The van der Waals surface area contributed by atoms with E-state index in [1.165, 1.54) is 5.69 Å². The molecule has 2 aromatic rings. The fraction of sp³-hybridized carbons (Fsp3) is 0.562. The summed E-state index contributed by atoms with van der Waals surface area (Å²) < 4.78 is 2.22. The number of anilines is 1. The Labute approximate surface area is 130 Å². The first-order valence-electron chi connectivity index (χ1n) is 7.76. The molecule has 1 fully saturated rings. The van der Waals surface area contributed by atoms with Gasteiger partial charge in [0.05, 0.1) is 5.69 Å². The fourth-order valence-electron chi connectivity index (χ4n) is 3.05. The monoisotopic (exact) mass is 304 g/mol. The molecule has 114 valence electrons. The summed E-state index contributed by atoms with van der Waals surface area (Å²) in [7, 11) is 0. The summed E-state index contributed by atoms with van der Waals surface area (Å²) in [6.07, 6.45) is 2.12. The smallest absolute Gasteiger partial charge is 0.152 e.